The minimum atomic E-state index is -1.05. The van der Waals surface area contributed by atoms with Gasteiger partial charge in [0.2, 0.25) is 5.91 Å². The number of carboxylic acid groups (broad SMARTS) is 1. The van der Waals surface area contributed by atoms with Gasteiger partial charge in [0.15, 0.2) is 0 Å². The molecule has 0 aliphatic rings. The van der Waals surface area contributed by atoms with Crippen molar-refractivity contribution in [1.29, 1.82) is 0 Å². The molecule has 0 aliphatic heterocycles. The van der Waals surface area contributed by atoms with Crippen molar-refractivity contribution in [1.82, 2.24) is 4.98 Å². The van der Waals surface area contributed by atoms with Crippen molar-refractivity contribution in [2.75, 3.05) is 5.32 Å². The predicted molar refractivity (Wildman–Crippen MR) is 87.3 cm³/mol. The van der Waals surface area contributed by atoms with Crippen LogP contribution in [-0.2, 0) is 4.79 Å². The van der Waals surface area contributed by atoms with Gasteiger partial charge in [-0.05, 0) is 32.0 Å². The molecule has 1 amide bonds. The molecule has 0 spiro atoms. The SMILES string of the molecule is Cc1nc([C@@H](C)C(=O)Nc2cc(Cl)ccc2Cl)sc1C(=O)O. The Morgan fingerprint density at radius 2 is 2.05 bits per heavy atom. The number of aromatic carboxylic acids is 1. The summed E-state index contributed by atoms with van der Waals surface area (Å²) in [6, 6.07) is 4.75. The highest BCUT2D eigenvalue weighted by atomic mass is 35.5. The predicted octanol–water partition coefficient (Wildman–Crippen LogP) is 4.20. The molecule has 5 nitrogen and oxygen atoms in total. The van der Waals surface area contributed by atoms with Crippen molar-refractivity contribution in [3.05, 3.63) is 43.8 Å². The number of hydrogen-bond acceptors (Lipinski definition) is 4. The number of nitrogens with zero attached hydrogens (tertiary/aromatic N) is 1. The Balaban J connectivity index is 2.20. The number of carbonyl (C=O) groups is 2. The van der Waals surface area contributed by atoms with Gasteiger partial charge in [0.1, 0.15) is 9.88 Å². The zero-order valence-corrected chi connectivity index (χ0v) is 14.0. The number of nitrogens with one attached hydrogen (secondary N) is 1. The molecule has 2 rings (SSSR count). The van der Waals surface area contributed by atoms with E-state index < -0.39 is 11.9 Å². The fourth-order valence-electron chi connectivity index (χ4n) is 1.75. The van der Waals surface area contributed by atoms with Crippen LogP contribution in [0.2, 0.25) is 10.0 Å². The number of aromatic nitrogens is 1. The summed E-state index contributed by atoms with van der Waals surface area (Å²) in [6.07, 6.45) is 0. The molecule has 2 aromatic rings. The topological polar surface area (TPSA) is 79.3 Å². The Labute approximate surface area is 140 Å². The van der Waals surface area contributed by atoms with E-state index in [4.69, 9.17) is 28.3 Å². The van der Waals surface area contributed by atoms with Crippen LogP contribution < -0.4 is 5.32 Å². The lowest BCUT2D eigenvalue weighted by atomic mass is 10.1. The lowest BCUT2D eigenvalue weighted by molar-refractivity contribution is -0.117. The molecule has 116 valence electrons. The maximum absolute atomic E-state index is 12.3. The van der Waals surface area contributed by atoms with Crippen LogP contribution in [0, 0.1) is 6.92 Å². The zero-order valence-electron chi connectivity index (χ0n) is 11.7. The van der Waals surface area contributed by atoms with E-state index in [9.17, 15) is 9.59 Å². The van der Waals surface area contributed by atoms with E-state index in [1.54, 1.807) is 32.0 Å². The number of thiazole rings is 1. The van der Waals surface area contributed by atoms with Crippen LogP contribution in [-0.4, -0.2) is 22.0 Å². The normalized spacial score (nSPS) is 12.0. The summed E-state index contributed by atoms with van der Waals surface area (Å²) in [4.78, 5) is 27.6. The molecule has 0 saturated heterocycles. The first kappa shape index (κ1) is 16.7. The Morgan fingerprint density at radius 3 is 2.64 bits per heavy atom. The summed E-state index contributed by atoms with van der Waals surface area (Å²) in [5.41, 5.74) is 0.797. The highest BCUT2D eigenvalue weighted by molar-refractivity contribution is 7.13. The molecular formula is C14H12Cl2N2O3S. The Morgan fingerprint density at radius 1 is 1.36 bits per heavy atom. The molecule has 2 N–H and O–H groups in total. The number of amides is 1. The minimum absolute atomic E-state index is 0.135. The summed E-state index contributed by atoms with van der Waals surface area (Å²) >= 11 is 12.9. The van der Waals surface area contributed by atoms with Crippen LogP contribution in [0.4, 0.5) is 5.69 Å². The van der Waals surface area contributed by atoms with Crippen molar-refractivity contribution >= 4 is 52.1 Å². The van der Waals surface area contributed by atoms with Crippen LogP contribution in [0.25, 0.3) is 0 Å². The van der Waals surface area contributed by atoms with Crippen molar-refractivity contribution < 1.29 is 14.7 Å². The molecule has 0 fully saturated rings. The third kappa shape index (κ3) is 3.58. The first-order valence-electron chi connectivity index (χ1n) is 6.26. The third-order valence-electron chi connectivity index (χ3n) is 2.96. The first-order valence-corrected chi connectivity index (χ1v) is 7.83. The van der Waals surface area contributed by atoms with Crippen molar-refractivity contribution in [2.24, 2.45) is 0 Å². The van der Waals surface area contributed by atoms with Crippen LogP contribution in [0.3, 0.4) is 0 Å². The molecule has 0 unspecified atom stereocenters. The largest absolute Gasteiger partial charge is 0.477 e. The van der Waals surface area contributed by atoms with Crippen LogP contribution in [0.1, 0.15) is 33.2 Å². The lowest BCUT2D eigenvalue weighted by Crippen LogP contribution is -2.19. The molecule has 1 atom stereocenters. The monoisotopic (exact) mass is 358 g/mol. The van der Waals surface area contributed by atoms with Gasteiger partial charge in [0, 0.05) is 5.02 Å². The molecule has 0 radical (unpaired) electrons. The first-order chi connectivity index (χ1) is 10.3. The molecule has 0 aliphatic carbocycles. The van der Waals surface area contributed by atoms with Gasteiger partial charge >= 0.3 is 5.97 Å². The van der Waals surface area contributed by atoms with Crippen molar-refractivity contribution in [3.8, 4) is 0 Å². The number of aryl methyl sites for hydroxylation is 1. The quantitative estimate of drug-likeness (QED) is 0.858. The number of benzene rings is 1. The number of carbonyl (C=O) groups excluding carboxylic acids is 1. The average Bonchev–Trinajstić information content (AvgIpc) is 2.84. The molecule has 8 heteroatoms. The standard InChI is InChI=1S/C14H12Cl2N2O3S/c1-6(13-17-7(2)11(22-13)14(20)21)12(19)18-10-5-8(15)3-4-9(10)16/h3-6H,1-2H3,(H,18,19)(H,20,21)/t6-/m0/s1. The van der Waals surface area contributed by atoms with Gasteiger partial charge in [0.25, 0.3) is 0 Å². The number of hydrogen-bond donors (Lipinski definition) is 2. The van der Waals surface area contributed by atoms with E-state index in [-0.39, 0.29) is 10.8 Å². The van der Waals surface area contributed by atoms with E-state index in [0.717, 1.165) is 11.3 Å². The van der Waals surface area contributed by atoms with E-state index >= 15 is 0 Å². The van der Waals surface area contributed by atoms with Crippen molar-refractivity contribution in [3.63, 3.8) is 0 Å². The second kappa shape index (κ2) is 6.64. The van der Waals surface area contributed by atoms with Gasteiger partial charge in [-0.15, -0.1) is 11.3 Å². The van der Waals surface area contributed by atoms with Gasteiger partial charge < -0.3 is 10.4 Å². The van der Waals surface area contributed by atoms with Gasteiger partial charge in [-0.2, -0.15) is 0 Å². The zero-order chi connectivity index (χ0) is 16.4. The molecule has 1 aromatic carbocycles. The van der Waals surface area contributed by atoms with Crippen molar-refractivity contribution in [2.45, 2.75) is 19.8 Å². The Hall–Kier alpha value is -1.63. The van der Waals surface area contributed by atoms with Gasteiger partial charge in [0.05, 0.1) is 22.3 Å². The minimum Gasteiger partial charge on any atom is -0.477 e. The summed E-state index contributed by atoms with van der Waals surface area (Å²) in [7, 11) is 0. The molecule has 0 bridgehead atoms. The van der Waals surface area contributed by atoms with Gasteiger partial charge in [-0.1, -0.05) is 23.2 Å². The summed E-state index contributed by atoms with van der Waals surface area (Å²) in [6.45, 7) is 3.25. The van der Waals surface area contributed by atoms with E-state index in [1.165, 1.54) is 0 Å². The summed E-state index contributed by atoms with van der Waals surface area (Å²) in [5.74, 6) is -1.99. The molecular weight excluding hydrogens is 347 g/mol. The van der Waals surface area contributed by atoms with E-state index in [2.05, 4.69) is 10.3 Å². The van der Waals surface area contributed by atoms with Gasteiger partial charge in [-0.3, -0.25) is 4.79 Å². The molecule has 0 saturated carbocycles. The fourth-order valence-corrected chi connectivity index (χ4v) is 3.04. The second-order valence-corrected chi connectivity index (χ2v) is 6.48. The van der Waals surface area contributed by atoms with Crippen LogP contribution >= 0.6 is 34.5 Å². The van der Waals surface area contributed by atoms with Crippen LogP contribution in [0.15, 0.2) is 18.2 Å². The van der Waals surface area contributed by atoms with Crippen LogP contribution in [0.5, 0.6) is 0 Å². The van der Waals surface area contributed by atoms with E-state index in [0.29, 0.717) is 26.4 Å². The summed E-state index contributed by atoms with van der Waals surface area (Å²) in [5, 5.41) is 13.0. The molecule has 22 heavy (non-hydrogen) atoms. The smallest absolute Gasteiger partial charge is 0.347 e. The van der Waals surface area contributed by atoms with E-state index in [1.807, 2.05) is 0 Å². The maximum Gasteiger partial charge on any atom is 0.347 e. The fraction of sp³-hybridized carbons (Fsp3) is 0.214. The number of rotatable bonds is 4. The summed E-state index contributed by atoms with van der Waals surface area (Å²) < 4.78 is 0. The molecule has 1 aromatic heterocycles. The number of anilines is 1. The van der Waals surface area contributed by atoms with Gasteiger partial charge in [-0.25, -0.2) is 9.78 Å². The number of carboxylic acids is 1. The number of halogens is 2. The highest BCUT2D eigenvalue weighted by Crippen LogP contribution is 2.29. The lowest BCUT2D eigenvalue weighted by Gasteiger charge is -2.11. The maximum atomic E-state index is 12.3. The Kier molecular flexibility index (Phi) is 5.05. The second-order valence-electron chi connectivity index (χ2n) is 4.61. The molecule has 1 heterocycles. The highest BCUT2D eigenvalue weighted by Gasteiger charge is 2.23. The Bertz CT molecular complexity index is 746. The average molecular weight is 359 g/mol. The third-order valence-corrected chi connectivity index (χ3v) is 4.85.